The molecule has 0 amide bonds. The average molecular weight is 321 g/mol. The van der Waals surface area contributed by atoms with E-state index in [1.165, 1.54) is 0 Å². The Morgan fingerprint density at radius 3 is 2.63 bits per heavy atom. The van der Waals surface area contributed by atoms with Gasteiger partial charge in [0.2, 0.25) is 5.78 Å². The average Bonchev–Trinajstić information content (AvgIpc) is 2.42. The Morgan fingerprint density at radius 2 is 2.00 bits per heavy atom. The Kier molecular flexibility index (Phi) is 4.27. The maximum absolute atomic E-state index is 12.1. The Balaban J connectivity index is 2.21. The quantitative estimate of drug-likeness (QED) is 0.813. The zero-order chi connectivity index (χ0) is 13.8. The van der Waals surface area contributed by atoms with E-state index < -0.39 is 0 Å². The summed E-state index contributed by atoms with van der Waals surface area (Å²) in [5.41, 5.74) is 1.78. The Labute approximate surface area is 120 Å². The molecule has 0 atom stereocenters. The second-order valence-electron chi connectivity index (χ2n) is 4.14. The first-order valence-corrected chi connectivity index (χ1v) is 6.53. The third kappa shape index (κ3) is 3.38. The number of ether oxygens (including phenoxy) is 1. The molecule has 0 saturated carbocycles. The smallest absolute Gasteiger partial charge is 0.204 e. The first-order chi connectivity index (χ1) is 9.10. The molecule has 98 valence electrons. The molecule has 1 heterocycles. The highest BCUT2D eigenvalue weighted by Gasteiger charge is 2.12. The van der Waals surface area contributed by atoms with Crippen molar-refractivity contribution in [2.45, 2.75) is 13.3 Å². The molecule has 0 aliphatic carbocycles. The SMILES string of the molecule is COc1ccc(Br)c(CC(=O)c2ncc(C)cn2)c1. The lowest BCUT2D eigenvalue weighted by atomic mass is 10.1. The van der Waals surface area contributed by atoms with E-state index in [2.05, 4.69) is 25.9 Å². The number of methoxy groups -OCH3 is 1. The number of nitrogens with zero attached hydrogens (tertiary/aromatic N) is 2. The van der Waals surface area contributed by atoms with Gasteiger partial charge in [0, 0.05) is 23.3 Å². The molecule has 0 radical (unpaired) electrons. The van der Waals surface area contributed by atoms with Crippen molar-refractivity contribution in [2.75, 3.05) is 7.11 Å². The van der Waals surface area contributed by atoms with Gasteiger partial charge in [-0.15, -0.1) is 0 Å². The lowest BCUT2D eigenvalue weighted by Crippen LogP contribution is -2.09. The summed E-state index contributed by atoms with van der Waals surface area (Å²) in [7, 11) is 1.60. The molecule has 0 unspecified atom stereocenters. The Morgan fingerprint density at radius 1 is 1.32 bits per heavy atom. The molecular formula is C14H13BrN2O2. The van der Waals surface area contributed by atoms with Gasteiger partial charge in [-0.1, -0.05) is 15.9 Å². The number of ketones is 1. The van der Waals surface area contributed by atoms with E-state index in [0.717, 1.165) is 21.3 Å². The highest BCUT2D eigenvalue weighted by Crippen LogP contribution is 2.23. The second-order valence-corrected chi connectivity index (χ2v) is 5.00. The monoisotopic (exact) mass is 320 g/mol. The third-order valence-electron chi connectivity index (χ3n) is 2.63. The molecule has 5 heteroatoms. The molecular weight excluding hydrogens is 308 g/mol. The van der Waals surface area contributed by atoms with Crippen molar-refractivity contribution >= 4 is 21.7 Å². The fourth-order valence-electron chi connectivity index (χ4n) is 1.60. The van der Waals surface area contributed by atoms with Gasteiger partial charge < -0.3 is 4.74 Å². The van der Waals surface area contributed by atoms with Crippen LogP contribution < -0.4 is 4.74 Å². The maximum Gasteiger partial charge on any atom is 0.204 e. The van der Waals surface area contributed by atoms with Crippen LogP contribution in [0.2, 0.25) is 0 Å². The van der Waals surface area contributed by atoms with Gasteiger partial charge in [-0.05, 0) is 36.2 Å². The van der Waals surface area contributed by atoms with Gasteiger partial charge in [-0.25, -0.2) is 9.97 Å². The Bertz CT molecular complexity index is 597. The number of Topliss-reactive ketones (excluding diaryl/α,β-unsaturated/α-hetero) is 1. The van der Waals surface area contributed by atoms with E-state index in [0.29, 0.717) is 0 Å². The van der Waals surface area contributed by atoms with Crippen molar-refractivity contribution in [2.24, 2.45) is 0 Å². The van der Waals surface area contributed by atoms with Crippen LogP contribution in [0.3, 0.4) is 0 Å². The first-order valence-electron chi connectivity index (χ1n) is 5.74. The van der Waals surface area contributed by atoms with Gasteiger partial charge in [0.1, 0.15) is 5.75 Å². The van der Waals surface area contributed by atoms with Gasteiger partial charge >= 0.3 is 0 Å². The summed E-state index contributed by atoms with van der Waals surface area (Å²) in [4.78, 5) is 20.2. The molecule has 4 nitrogen and oxygen atoms in total. The number of rotatable bonds is 4. The minimum Gasteiger partial charge on any atom is -0.497 e. The predicted octanol–water partition coefficient (Wildman–Crippen LogP) is 2.98. The van der Waals surface area contributed by atoms with Gasteiger partial charge in [-0.3, -0.25) is 4.79 Å². The molecule has 2 aromatic rings. The van der Waals surface area contributed by atoms with E-state index in [4.69, 9.17) is 4.74 Å². The van der Waals surface area contributed by atoms with E-state index in [-0.39, 0.29) is 18.0 Å². The highest BCUT2D eigenvalue weighted by atomic mass is 79.9. The number of aromatic nitrogens is 2. The van der Waals surface area contributed by atoms with Crippen LogP contribution in [0.1, 0.15) is 21.7 Å². The third-order valence-corrected chi connectivity index (χ3v) is 3.41. The topological polar surface area (TPSA) is 52.1 Å². The fraction of sp³-hybridized carbons (Fsp3) is 0.214. The molecule has 1 aromatic heterocycles. The number of hydrogen-bond acceptors (Lipinski definition) is 4. The zero-order valence-electron chi connectivity index (χ0n) is 10.7. The minimum atomic E-state index is -0.117. The number of benzene rings is 1. The molecule has 19 heavy (non-hydrogen) atoms. The van der Waals surface area contributed by atoms with Gasteiger partial charge in [0.15, 0.2) is 5.82 Å². The van der Waals surface area contributed by atoms with Gasteiger partial charge in [-0.2, -0.15) is 0 Å². The Hall–Kier alpha value is -1.75. The molecule has 0 N–H and O–H groups in total. The number of hydrogen-bond donors (Lipinski definition) is 0. The van der Waals surface area contributed by atoms with Crippen LogP contribution >= 0.6 is 15.9 Å². The molecule has 0 spiro atoms. The van der Waals surface area contributed by atoms with E-state index in [1.807, 2.05) is 25.1 Å². The van der Waals surface area contributed by atoms with Crippen LogP contribution in [-0.2, 0) is 6.42 Å². The maximum atomic E-state index is 12.1. The number of carbonyl (C=O) groups is 1. The van der Waals surface area contributed by atoms with Crippen LogP contribution in [0.5, 0.6) is 5.75 Å². The van der Waals surface area contributed by atoms with Crippen molar-refractivity contribution in [3.8, 4) is 5.75 Å². The van der Waals surface area contributed by atoms with Crippen molar-refractivity contribution in [1.29, 1.82) is 0 Å². The molecule has 2 rings (SSSR count). The van der Waals surface area contributed by atoms with Crippen LogP contribution in [-0.4, -0.2) is 22.9 Å². The predicted molar refractivity (Wildman–Crippen MR) is 75.5 cm³/mol. The van der Waals surface area contributed by atoms with Crippen LogP contribution in [0.25, 0.3) is 0 Å². The molecule has 1 aromatic carbocycles. The van der Waals surface area contributed by atoms with Crippen molar-refractivity contribution < 1.29 is 9.53 Å². The summed E-state index contributed by atoms with van der Waals surface area (Å²) in [6.45, 7) is 1.88. The fourth-order valence-corrected chi connectivity index (χ4v) is 1.99. The molecule has 0 aliphatic heterocycles. The van der Waals surface area contributed by atoms with Gasteiger partial charge in [0.25, 0.3) is 0 Å². The summed E-state index contributed by atoms with van der Waals surface area (Å²) in [6, 6.07) is 5.52. The lowest BCUT2D eigenvalue weighted by Gasteiger charge is -2.06. The van der Waals surface area contributed by atoms with E-state index in [9.17, 15) is 4.79 Å². The molecule has 0 saturated heterocycles. The largest absolute Gasteiger partial charge is 0.497 e. The normalized spacial score (nSPS) is 10.3. The second kappa shape index (κ2) is 5.93. The summed E-state index contributed by atoms with van der Waals surface area (Å²) in [5, 5.41) is 0. The summed E-state index contributed by atoms with van der Waals surface area (Å²) in [6.07, 6.45) is 3.52. The van der Waals surface area contributed by atoms with Crippen molar-refractivity contribution in [3.05, 3.63) is 52.0 Å². The lowest BCUT2D eigenvalue weighted by molar-refractivity contribution is 0.0983. The number of aryl methyl sites for hydroxylation is 1. The summed E-state index contributed by atoms with van der Waals surface area (Å²) < 4.78 is 6.02. The van der Waals surface area contributed by atoms with Crippen LogP contribution in [0, 0.1) is 6.92 Å². The van der Waals surface area contributed by atoms with Crippen LogP contribution in [0.4, 0.5) is 0 Å². The minimum absolute atomic E-state index is 0.117. The summed E-state index contributed by atoms with van der Waals surface area (Å²) >= 11 is 3.42. The first kappa shape index (κ1) is 13.7. The van der Waals surface area contributed by atoms with Crippen LogP contribution in [0.15, 0.2) is 35.1 Å². The van der Waals surface area contributed by atoms with E-state index in [1.54, 1.807) is 19.5 Å². The molecule has 0 bridgehead atoms. The van der Waals surface area contributed by atoms with Crippen molar-refractivity contribution in [1.82, 2.24) is 9.97 Å². The zero-order valence-corrected chi connectivity index (χ0v) is 12.3. The number of halogens is 1. The molecule has 0 aliphatic rings. The van der Waals surface area contributed by atoms with Gasteiger partial charge in [0.05, 0.1) is 7.11 Å². The van der Waals surface area contributed by atoms with Crippen molar-refractivity contribution in [3.63, 3.8) is 0 Å². The molecule has 0 fully saturated rings. The standard InChI is InChI=1S/C14H13BrN2O2/c1-9-7-16-14(17-8-9)13(18)6-10-5-11(19-2)3-4-12(10)15/h3-5,7-8H,6H2,1-2H3. The van der Waals surface area contributed by atoms with E-state index >= 15 is 0 Å². The number of carbonyl (C=O) groups excluding carboxylic acids is 1. The highest BCUT2D eigenvalue weighted by molar-refractivity contribution is 9.10. The summed E-state index contributed by atoms with van der Waals surface area (Å²) in [5.74, 6) is 0.838.